The molecule has 0 amide bonds. The first kappa shape index (κ1) is 9.07. The van der Waals surface area contributed by atoms with Gasteiger partial charge in [0.1, 0.15) is 0 Å². The highest BCUT2D eigenvalue weighted by atomic mass is 32.2. The summed E-state index contributed by atoms with van der Waals surface area (Å²) in [6, 6.07) is 0. The Morgan fingerprint density at radius 1 is 1.67 bits per heavy atom. The van der Waals surface area contributed by atoms with Crippen molar-refractivity contribution in [1.82, 2.24) is 5.32 Å². The Hall–Kier alpha value is 0.0700. The van der Waals surface area contributed by atoms with Crippen molar-refractivity contribution >= 4 is 11.1 Å². The molecule has 1 unspecified atom stereocenters. The molecule has 9 heavy (non-hydrogen) atoms. The van der Waals surface area contributed by atoms with Gasteiger partial charge in [0.05, 0.1) is 0 Å². The van der Waals surface area contributed by atoms with E-state index in [1.165, 1.54) is 0 Å². The van der Waals surface area contributed by atoms with Crippen molar-refractivity contribution in [1.29, 1.82) is 0 Å². The first-order chi connectivity index (χ1) is 3.98. The molecule has 1 atom stereocenters. The fourth-order valence-corrected chi connectivity index (χ4v) is 1.10. The molecule has 0 saturated heterocycles. The van der Waals surface area contributed by atoms with Gasteiger partial charge >= 0.3 is 0 Å². The van der Waals surface area contributed by atoms with E-state index in [0.717, 1.165) is 0 Å². The summed E-state index contributed by atoms with van der Waals surface area (Å²) in [5.41, 5.74) is -0.299. The topological polar surface area (TPSA) is 52.2 Å². The average molecular weight is 150 g/mol. The highest BCUT2D eigenvalue weighted by Crippen LogP contribution is 2.00. The number of hydrogen-bond donors (Lipinski definition) is 1. The summed E-state index contributed by atoms with van der Waals surface area (Å²) in [6.45, 7) is 3.67. The van der Waals surface area contributed by atoms with Crippen LogP contribution in [0.3, 0.4) is 0 Å². The van der Waals surface area contributed by atoms with E-state index >= 15 is 0 Å². The average Bonchev–Trinajstić information content (AvgIpc) is 1.63. The van der Waals surface area contributed by atoms with E-state index in [4.69, 9.17) is 0 Å². The summed E-state index contributed by atoms with van der Waals surface area (Å²) in [5, 5.41) is 2.88. The zero-order valence-corrected chi connectivity index (χ0v) is 6.75. The lowest BCUT2D eigenvalue weighted by Crippen LogP contribution is -2.41. The molecule has 0 aliphatic rings. The van der Waals surface area contributed by atoms with Crippen molar-refractivity contribution in [3.8, 4) is 0 Å². The molecule has 0 bridgehead atoms. The van der Waals surface area contributed by atoms with Gasteiger partial charge in [0.25, 0.3) is 0 Å². The van der Waals surface area contributed by atoms with E-state index in [2.05, 4.69) is 5.32 Å². The van der Waals surface area contributed by atoms with Crippen molar-refractivity contribution in [2.45, 2.75) is 19.4 Å². The van der Waals surface area contributed by atoms with Gasteiger partial charge in [-0.3, -0.25) is 4.21 Å². The van der Waals surface area contributed by atoms with Crippen molar-refractivity contribution in [3.63, 3.8) is 0 Å². The number of hydrogen-bond acceptors (Lipinski definition) is 3. The fraction of sp³-hybridized carbons (Fsp3) is 1.00. The summed E-state index contributed by atoms with van der Waals surface area (Å²) in [6.07, 6.45) is 0. The second-order valence-corrected chi connectivity index (χ2v) is 3.48. The molecule has 0 saturated carbocycles. The maximum absolute atomic E-state index is 10.1. The van der Waals surface area contributed by atoms with Crippen molar-refractivity contribution in [2.75, 3.05) is 12.8 Å². The second-order valence-electron chi connectivity index (χ2n) is 2.58. The van der Waals surface area contributed by atoms with E-state index in [1.54, 1.807) is 7.05 Å². The Morgan fingerprint density at radius 2 is 2.11 bits per heavy atom. The second kappa shape index (κ2) is 3.29. The molecule has 0 aromatic heterocycles. The molecular formula is C5H12NO2S-. The van der Waals surface area contributed by atoms with Crippen LogP contribution >= 0.6 is 0 Å². The molecule has 0 aliphatic carbocycles. The van der Waals surface area contributed by atoms with Crippen LogP contribution in [0.1, 0.15) is 13.8 Å². The summed E-state index contributed by atoms with van der Waals surface area (Å²) in [4.78, 5) is 0. The molecule has 0 spiro atoms. The largest absolute Gasteiger partial charge is 0.772 e. The quantitative estimate of drug-likeness (QED) is 0.570. The Balaban J connectivity index is 3.71. The van der Waals surface area contributed by atoms with Gasteiger partial charge < -0.3 is 9.87 Å². The maximum atomic E-state index is 10.1. The number of nitrogens with one attached hydrogen (secondary N) is 1. The highest BCUT2D eigenvalue weighted by molar-refractivity contribution is 7.79. The lowest BCUT2D eigenvalue weighted by Gasteiger charge is -2.24. The Labute approximate surface area is 58.1 Å². The smallest absolute Gasteiger partial charge is 0.0279 e. The van der Waals surface area contributed by atoms with Gasteiger partial charge in [0.15, 0.2) is 0 Å². The minimum atomic E-state index is -1.95. The normalized spacial score (nSPS) is 15.6. The summed E-state index contributed by atoms with van der Waals surface area (Å²) >= 11 is -1.95. The Kier molecular flexibility index (Phi) is 3.32. The minimum Gasteiger partial charge on any atom is -0.772 e. The lowest BCUT2D eigenvalue weighted by molar-refractivity contribution is 0.451. The first-order valence-corrected chi connectivity index (χ1v) is 3.97. The van der Waals surface area contributed by atoms with Crippen LogP contribution < -0.4 is 5.32 Å². The predicted molar refractivity (Wildman–Crippen MR) is 36.9 cm³/mol. The van der Waals surface area contributed by atoms with Crippen LogP contribution in [0.4, 0.5) is 0 Å². The van der Waals surface area contributed by atoms with Gasteiger partial charge in [-0.25, -0.2) is 0 Å². The molecule has 0 radical (unpaired) electrons. The van der Waals surface area contributed by atoms with Gasteiger partial charge in [0, 0.05) is 11.3 Å². The minimum absolute atomic E-state index is 0.156. The van der Waals surface area contributed by atoms with Crippen LogP contribution in [0.25, 0.3) is 0 Å². The van der Waals surface area contributed by atoms with Gasteiger partial charge in [0.2, 0.25) is 0 Å². The van der Waals surface area contributed by atoms with E-state index < -0.39 is 11.1 Å². The van der Waals surface area contributed by atoms with E-state index in [-0.39, 0.29) is 11.3 Å². The zero-order valence-electron chi connectivity index (χ0n) is 5.93. The van der Waals surface area contributed by atoms with Crippen LogP contribution in [0.5, 0.6) is 0 Å². The van der Waals surface area contributed by atoms with Crippen LogP contribution in [-0.4, -0.2) is 27.1 Å². The number of rotatable bonds is 3. The van der Waals surface area contributed by atoms with Crippen LogP contribution in [0.15, 0.2) is 0 Å². The van der Waals surface area contributed by atoms with Crippen molar-refractivity contribution in [2.24, 2.45) is 0 Å². The molecule has 0 heterocycles. The van der Waals surface area contributed by atoms with Crippen LogP contribution in [0.2, 0.25) is 0 Å². The standard InChI is InChI=1S/C5H13NO2S/c1-5(2,6-3)4-9(7)8/h6H,4H2,1-3H3,(H,7,8)/p-1. The lowest BCUT2D eigenvalue weighted by atomic mass is 10.1. The van der Waals surface area contributed by atoms with Crippen LogP contribution in [0, 0.1) is 0 Å². The molecule has 4 heteroatoms. The molecule has 0 aromatic carbocycles. The summed E-state index contributed by atoms with van der Waals surface area (Å²) in [5.74, 6) is 0.156. The highest BCUT2D eigenvalue weighted by Gasteiger charge is 2.13. The van der Waals surface area contributed by atoms with Gasteiger partial charge in [-0.1, -0.05) is 11.1 Å². The molecule has 0 aliphatic heterocycles. The molecular weight excluding hydrogens is 138 g/mol. The molecule has 1 N–H and O–H groups in total. The monoisotopic (exact) mass is 150 g/mol. The SMILES string of the molecule is CNC(C)(C)CS(=O)[O-]. The van der Waals surface area contributed by atoms with Crippen molar-refractivity contribution in [3.05, 3.63) is 0 Å². The summed E-state index contributed by atoms with van der Waals surface area (Å²) in [7, 11) is 1.74. The third kappa shape index (κ3) is 4.57. The van der Waals surface area contributed by atoms with E-state index in [0.29, 0.717) is 0 Å². The molecule has 3 nitrogen and oxygen atoms in total. The van der Waals surface area contributed by atoms with Gasteiger partial charge in [-0.2, -0.15) is 0 Å². The fourth-order valence-electron chi connectivity index (χ4n) is 0.367. The third-order valence-corrected chi connectivity index (χ3v) is 2.11. The predicted octanol–water partition coefficient (Wildman–Crippen LogP) is -0.137. The summed E-state index contributed by atoms with van der Waals surface area (Å²) < 4.78 is 20.3. The molecule has 0 fully saturated rings. The Morgan fingerprint density at radius 3 is 2.22 bits per heavy atom. The maximum Gasteiger partial charge on any atom is 0.0279 e. The van der Waals surface area contributed by atoms with Gasteiger partial charge in [-0.05, 0) is 20.9 Å². The first-order valence-electron chi connectivity index (χ1n) is 2.73. The third-order valence-electron chi connectivity index (χ3n) is 1.16. The van der Waals surface area contributed by atoms with Crippen LogP contribution in [-0.2, 0) is 11.1 Å². The Bertz CT molecular complexity index is 114. The zero-order chi connectivity index (χ0) is 7.49. The molecule has 56 valence electrons. The van der Waals surface area contributed by atoms with E-state index in [1.807, 2.05) is 13.8 Å². The molecule has 0 rings (SSSR count). The van der Waals surface area contributed by atoms with E-state index in [9.17, 15) is 8.76 Å². The molecule has 0 aromatic rings. The van der Waals surface area contributed by atoms with Crippen molar-refractivity contribution < 1.29 is 8.76 Å². The van der Waals surface area contributed by atoms with Gasteiger partial charge in [-0.15, -0.1) is 0 Å².